The zero-order valence-electron chi connectivity index (χ0n) is 11.7. The van der Waals surface area contributed by atoms with Crippen LogP contribution in [0.2, 0.25) is 0 Å². The Morgan fingerprint density at radius 3 is 2.32 bits per heavy atom. The molecule has 0 saturated carbocycles. The Bertz CT molecular complexity index is 521. The Hall–Kier alpha value is -0.825. The number of hydrogen-bond acceptors (Lipinski definition) is 3. The maximum Gasteiger partial charge on any atom is 0.462 e. The molecule has 0 amide bonds. The lowest BCUT2D eigenvalue weighted by Crippen LogP contribution is -2.41. The van der Waals surface area contributed by atoms with Crippen LogP contribution in [0.1, 0.15) is 38.8 Å². The van der Waals surface area contributed by atoms with E-state index in [0.29, 0.717) is 11.9 Å². The molecular weight excluding hydrogens is 305 g/mol. The van der Waals surface area contributed by atoms with Gasteiger partial charge >= 0.3 is 7.12 Å². The molecule has 0 spiro atoms. The SMILES string of the molecule is CC1(C)OB(Cc2ccc(Br)cc2C#N)OC1(C)C. The van der Waals surface area contributed by atoms with Gasteiger partial charge in [0, 0.05) is 10.8 Å². The molecule has 2 rings (SSSR count). The van der Waals surface area contributed by atoms with Crippen LogP contribution < -0.4 is 0 Å². The van der Waals surface area contributed by atoms with Gasteiger partial charge in [-0.1, -0.05) is 22.0 Å². The third-order valence-corrected chi connectivity index (χ3v) is 4.37. The van der Waals surface area contributed by atoms with Gasteiger partial charge in [-0.3, -0.25) is 0 Å². The van der Waals surface area contributed by atoms with Gasteiger partial charge in [-0.2, -0.15) is 5.26 Å². The first-order valence-electron chi connectivity index (χ1n) is 6.29. The highest BCUT2D eigenvalue weighted by atomic mass is 79.9. The van der Waals surface area contributed by atoms with Gasteiger partial charge in [0.05, 0.1) is 22.8 Å². The molecule has 1 saturated heterocycles. The van der Waals surface area contributed by atoms with Gasteiger partial charge in [0.2, 0.25) is 0 Å². The second-order valence-corrected chi connectivity index (χ2v) is 6.72. The van der Waals surface area contributed by atoms with Crippen molar-refractivity contribution < 1.29 is 9.31 Å². The first-order valence-corrected chi connectivity index (χ1v) is 7.09. The Kier molecular flexibility index (Phi) is 3.79. The topological polar surface area (TPSA) is 42.2 Å². The van der Waals surface area contributed by atoms with Crippen LogP contribution in [0.3, 0.4) is 0 Å². The Labute approximate surface area is 123 Å². The van der Waals surface area contributed by atoms with E-state index in [0.717, 1.165) is 10.0 Å². The van der Waals surface area contributed by atoms with E-state index in [-0.39, 0.29) is 18.3 Å². The number of nitrogens with zero attached hydrogens (tertiary/aromatic N) is 1. The molecule has 0 atom stereocenters. The van der Waals surface area contributed by atoms with Gasteiger partial charge in [0.1, 0.15) is 0 Å². The molecule has 0 aliphatic carbocycles. The summed E-state index contributed by atoms with van der Waals surface area (Å²) < 4.78 is 12.8. The van der Waals surface area contributed by atoms with Crippen molar-refractivity contribution in [3.63, 3.8) is 0 Å². The standard InChI is InChI=1S/C14H17BBrNO2/c1-13(2)14(3,4)19-15(18-13)8-10-5-6-12(16)7-11(10)9-17/h5-7H,8H2,1-4H3. The predicted molar refractivity (Wildman–Crippen MR) is 78.6 cm³/mol. The maximum absolute atomic E-state index is 9.17. The van der Waals surface area contributed by atoms with Crippen molar-refractivity contribution >= 4 is 23.0 Å². The smallest absolute Gasteiger partial charge is 0.403 e. The fraction of sp³-hybridized carbons (Fsp3) is 0.500. The highest BCUT2D eigenvalue weighted by Gasteiger charge is 2.50. The first kappa shape index (κ1) is 14.6. The van der Waals surface area contributed by atoms with Crippen molar-refractivity contribution in [3.05, 3.63) is 33.8 Å². The summed E-state index contributed by atoms with van der Waals surface area (Å²) in [5.74, 6) is 0. The van der Waals surface area contributed by atoms with Crippen molar-refractivity contribution in [1.29, 1.82) is 5.26 Å². The lowest BCUT2D eigenvalue weighted by Gasteiger charge is -2.32. The molecule has 0 bridgehead atoms. The second kappa shape index (κ2) is 4.94. The zero-order chi connectivity index (χ0) is 14.3. The van der Waals surface area contributed by atoms with Crippen LogP contribution in [0.25, 0.3) is 0 Å². The fourth-order valence-electron chi connectivity index (χ4n) is 2.06. The van der Waals surface area contributed by atoms with E-state index >= 15 is 0 Å². The summed E-state index contributed by atoms with van der Waals surface area (Å²) in [7, 11) is -0.307. The summed E-state index contributed by atoms with van der Waals surface area (Å²) in [6, 6.07) is 7.90. The number of hydrogen-bond donors (Lipinski definition) is 0. The third kappa shape index (κ3) is 2.86. The summed E-state index contributed by atoms with van der Waals surface area (Å²) in [4.78, 5) is 0. The zero-order valence-corrected chi connectivity index (χ0v) is 13.2. The van der Waals surface area contributed by atoms with Crippen LogP contribution >= 0.6 is 15.9 Å². The van der Waals surface area contributed by atoms with Gasteiger partial charge in [-0.05, 0) is 45.4 Å². The van der Waals surface area contributed by atoms with Gasteiger partial charge in [-0.25, -0.2) is 0 Å². The average molecular weight is 322 g/mol. The largest absolute Gasteiger partial charge is 0.462 e. The molecule has 0 radical (unpaired) electrons. The molecule has 5 heteroatoms. The van der Waals surface area contributed by atoms with Crippen LogP contribution in [-0.4, -0.2) is 18.3 Å². The maximum atomic E-state index is 9.17. The minimum absolute atomic E-state index is 0.307. The lowest BCUT2D eigenvalue weighted by molar-refractivity contribution is 0.00578. The van der Waals surface area contributed by atoms with E-state index in [4.69, 9.17) is 14.6 Å². The monoisotopic (exact) mass is 321 g/mol. The van der Waals surface area contributed by atoms with E-state index in [9.17, 15) is 0 Å². The van der Waals surface area contributed by atoms with Crippen molar-refractivity contribution in [3.8, 4) is 6.07 Å². The van der Waals surface area contributed by atoms with Crippen molar-refractivity contribution in [2.24, 2.45) is 0 Å². The third-order valence-electron chi connectivity index (χ3n) is 3.88. The lowest BCUT2D eigenvalue weighted by atomic mass is 9.79. The van der Waals surface area contributed by atoms with E-state index in [1.165, 1.54) is 0 Å². The van der Waals surface area contributed by atoms with Crippen LogP contribution in [0.4, 0.5) is 0 Å². The fourth-order valence-corrected chi connectivity index (χ4v) is 2.42. The molecule has 1 aliphatic rings. The highest BCUT2D eigenvalue weighted by molar-refractivity contribution is 9.10. The second-order valence-electron chi connectivity index (χ2n) is 5.80. The molecule has 0 unspecified atom stereocenters. The molecule has 1 aromatic carbocycles. The van der Waals surface area contributed by atoms with E-state index < -0.39 is 0 Å². The van der Waals surface area contributed by atoms with Gasteiger partial charge < -0.3 is 9.31 Å². The summed E-state index contributed by atoms with van der Waals surface area (Å²) in [5.41, 5.74) is 0.938. The molecule has 0 aromatic heterocycles. The van der Waals surface area contributed by atoms with Gasteiger partial charge in [0.25, 0.3) is 0 Å². The molecule has 1 heterocycles. The molecule has 3 nitrogen and oxygen atoms in total. The highest BCUT2D eigenvalue weighted by Crippen LogP contribution is 2.37. The Morgan fingerprint density at radius 2 is 1.79 bits per heavy atom. The number of nitriles is 1. The average Bonchev–Trinajstić information content (AvgIpc) is 2.49. The van der Waals surface area contributed by atoms with Crippen molar-refractivity contribution in [2.45, 2.75) is 45.2 Å². The van der Waals surface area contributed by atoms with Crippen LogP contribution in [0.5, 0.6) is 0 Å². The normalized spacial score (nSPS) is 20.3. The van der Waals surface area contributed by atoms with Gasteiger partial charge in [-0.15, -0.1) is 0 Å². The van der Waals surface area contributed by atoms with Crippen LogP contribution in [0.15, 0.2) is 22.7 Å². The molecule has 1 fully saturated rings. The molecule has 19 heavy (non-hydrogen) atoms. The molecule has 100 valence electrons. The minimum Gasteiger partial charge on any atom is -0.403 e. The molecule has 0 N–H and O–H groups in total. The Balaban J connectivity index is 2.19. The molecule has 1 aliphatic heterocycles. The van der Waals surface area contributed by atoms with Crippen LogP contribution in [0, 0.1) is 11.3 Å². The van der Waals surface area contributed by atoms with Crippen molar-refractivity contribution in [2.75, 3.05) is 0 Å². The first-order chi connectivity index (χ1) is 8.75. The Morgan fingerprint density at radius 1 is 1.21 bits per heavy atom. The molecule has 1 aromatic rings. The number of halogens is 1. The summed E-state index contributed by atoms with van der Waals surface area (Å²) in [5, 5.41) is 9.17. The van der Waals surface area contributed by atoms with Gasteiger partial charge in [0.15, 0.2) is 0 Å². The van der Waals surface area contributed by atoms with Crippen LogP contribution in [-0.2, 0) is 15.6 Å². The number of rotatable bonds is 2. The summed E-state index contributed by atoms with van der Waals surface area (Å²) >= 11 is 3.37. The van der Waals surface area contributed by atoms with E-state index in [2.05, 4.69) is 22.0 Å². The number of benzene rings is 1. The molecular formula is C14H17BBrNO2. The summed E-state index contributed by atoms with van der Waals surface area (Å²) in [6.07, 6.45) is 0.586. The quantitative estimate of drug-likeness (QED) is 0.783. The minimum atomic E-state index is -0.333. The van der Waals surface area contributed by atoms with E-state index in [1.807, 2.05) is 45.9 Å². The van der Waals surface area contributed by atoms with Crippen molar-refractivity contribution in [1.82, 2.24) is 0 Å². The summed E-state index contributed by atoms with van der Waals surface area (Å²) in [6.45, 7) is 8.11. The predicted octanol–water partition coefficient (Wildman–Crippen LogP) is 3.49. The van der Waals surface area contributed by atoms with E-state index in [1.54, 1.807) is 0 Å².